The van der Waals surface area contributed by atoms with Gasteiger partial charge in [-0.3, -0.25) is 9.59 Å². The highest BCUT2D eigenvalue weighted by Gasteiger charge is 2.57. The first-order chi connectivity index (χ1) is 11.9. The number of aliphatic hydroxyl groups is 1. The van der Waals surface area contributed by atoms with Gasteiger partial charge in [-0.15, -0.1) is 23.5 Å². The largest absolute Gasteiger partial charge is 0.392 e. The highest BCUT2D eigenvalue weighted by molar-refractivity contribution is 8.01. The smallest absolute Gasteiger partial charge is 0.260 e. The minimum Gasteiger partial charge on any atom is -0.392 e. The van der Waals surface area contributed by atoms with Gasteiger partial charge in [0.25, 0.3) is 11.8 Å². The van der Waals surface area contributed by atoms with Crippen molar-refractivity contribution in [2.75, 3.05) is 26.2 Å². The zero-order chi connectivity index (χ0) is 18.2. The van der Waals surface area contributed by atoms with Crippen LogP contribution in [0.1, 0.15) is 5.56 Å². The van der Waals surface area contributed by atoms with Crippen LogP contribution in [0.25, 0.3) is 10.9 Å². The molecule has 0 unspecified atom stereocenters. The van der Waals surface area contributed by atoms with Crippen molar-refractivity contribution in [1.29, 1.82) is 0 Å². The Morgan fingerprint density at radius 1 is 1.20 bits per heavy atom. The second-order valence-corrected chi connectivity index (χ2v) is 8.22. The second kappa shape index (κ2) is 6.59. The summed E-state index contributed by atoms with van der Waals surface area (Å²) in [6.45, 7) is -0.431. The van der Waals surface area contributed by atoms with Crippen LogP contribution in [0.3, 0.4) is 0 Å². The molecule has 25 heavy (non-hydrogen) atoms. The van der Waals surface area contributed by atoms with Crippen LogP contribution in [0.15, 0.2) is 30.5 Å². The first-order valence-corrected chi connectivity index (χ1v) is 10.3. The number of para-hydroxylation sites is 1. The van der Waals surface area contributed by atoms with Gasteiger partial charge in [0, 0.05) is 30.6 Å². The van der Waals surface area contributed by atoms with Crippen molar-refractivity contribution in [3.63, 3.8) is 0 Å². The molecule has 2 aromatic rings. The average Bonchev–Trinajstić information content (AvgIpc) is 3.03. The first kappa shape index (κ1) is 18.2. The van der Waals surface area contributed by atoms with Crippen molar-refractivity contribution < 1.29 is 14.7 Å². The summed E-state index contributed by atoms with van der Waals surface area (Å²) in [5.41, 5.74) is 1.96. The number of piperazine rings is 1. The highest BCUT2D eigenvalue weighted by Crippen LogP contribution is 2.39. The van der Waals surface area contributed by atoms with Gasteiger partial charge in [0.05, 0.1) is 6.61 Å². The lowest BCUT2D eigenvalue weighted by molar-refractivity contribution is -0.152. The molecule has 1 aliphatic rings. The predicted octanol–water partition coefficient (Wildman–Crippen LogP) is 1.41. The van der Waals surface area contributed by atoms with Crippen LogP contribution in [0.5, 0.6) is 0 Å². The van der Waals surface area contributed by atoms with Crippen molar-refractivity contribution in [2.24, 2.45) is 0 Å². The number of fused-ring (bicyclic) bond motifs is 1. The van der Waals surface area contributed by atoms with Crippen LogP contribution >= 0.6 is 23.5 Å². The molecule has 6 nitrogen and oxygen atoms in total. The molecular formula is C17H21N3O3S2. The van der Waals surface area contributed by atoms with Crippen molar-refractivity contribution in [2.45, 2.75) is 16.2 Å². The summed E-state index contributed by atoms with van der Waals surface area (Å²) in [5.74, 6) is -0.563. The molecule has 1 aromatic carbocycles. The minimum absolute atomic E-state index is 0.215. The lowest BCUT2D eigenvalue weighted by atomic mass is 9.99. The number of nitrogens with one attached hydrogen (secondary N) is 2. The zero-order valence-electron chi connectivity index (χ0n) is 14.3. The molecule has 2 atom stereocenters. The van der Waals surface area contributed by atoms with E-state index in [0.717, 1.165) is 28.2 Å². The number of aliphatic hydroxyl groups excluding tert-OH is 1. The molecule has 0 radical (unpaired) electrons. The Kier molecular flexibility index (Phi) is 4.78. The maximum absolute atomic E-state index is 13.2. The number of rotatable bonds is 5. The predicted molar refractivity (Wildman–Crippen MR) is 102 cm³/mol. The number of carbonyl (C=O) groups excluding carboxylic acids is 2. The molecule has 8 heteroatoms. The fourth-order valence-corrected chi connectivity index (χ4v) is 4.80. The van der Waals surface area contributed by atoms with E-state index in [4.69, 9.17) is 0 Å². The normalized spacial score (nSPS) is 27.0. The number of benzene rings is 1. The van der Waals surface area contributed by atoms with Gasteiger partial charge in [-0.25, -0.2) is 0 Å². The number of nitrogens with zero attached hydrogens (tertiary/aromatic N) is 1. The van der Waals surface area contributed by atoms with E-state index in [0.29, 0.717) is 6.42 Å². The first-order valence-electron chi connectivity index (χ1n) is 7.81. The molecule has 1 aliphatic heterocycles. The average molecular weight is 380 g/mol. The van der Waals surface area contributed by atoms with Crippen molar-refractivity contribution in [1.82, 2.24) is 15.2 Å². The van der Waals surface area contributed by atoms with Gasteiger partial charge in [-0.1, -0.05) is 18.2 Å². The number of thioether (sulfide) groups is 2. The summed E-state index contributed by atoms with van der Waals surface area (Å²) in [4.78, 5) is 28.2. The third-order valence-corrected chi connectivity index (χ3v) is 7.26. The molecule has 1 aromatic heterocycles. The summed E-state index contributed by atoms with van der Waals surface area (Å²) in [5, 5.41) is 13.7. The minimum atomic E-state index is -1.28. The molecule has 134 valence electrons. The Hall–Kier alpha value is -1.64. The number of hydrogen-bond donors (Lipinski definition) is 3. The molecule has 2 amide bonds. The number of carbonyl (C=O) groups is 2. The second-order valence-electron chi connectivity index (χ2n) is 6.03. The molecular weight excluding hydrogens is 358 g/mol. The third kappa shape index (κ3) is 2.63. The monoisotopic (exact) mass is 379 g/mol. The maximum Gasteiger partial charge on any atom is 0.260 e. The molecule has 0 aliphatic carbocycles. The van der Waals surface area contributed by atoms with E-state index in [9.17, 15) is 14.7 Å². The van der Waals surface area contributed by atoms with Crippen molar-refractivity contribution >= 4 is 46.2 Å². The lowest BCUT2D eigenvalue weighted by Crippen LogP contribution is -2.74. The Labute approximate surface area is 154 Å². The molecule has 1 fully saturated rings. The Balaban J connectivity index is 2.01. The number of aromatic nitrogens is 1. The quantitative estimate of drug-likeness (QED) is 0.731. The molecule has 3 rings (SSSR count). The van der Waals surface area contributed by atoms with Crippen LogP contribution in [0.2, 0.25) is 0 Å². The van der Waals surface area contributed by atoms with Gasteiger partial charge in [-0.2, -0.15) is 0 Å². The number of aromatic amines is 1. The summed E-state index contributed by atoms with van der Waals surface area (Å²) in [7, 11) is 1.58. The van der Waals surface area contributed by atoms with Gasteiger partial charge >= 0.3 is 0 Å². The van der Waals surface area contributed by atoms with Crippen molar-refractivity contribution in [3.05, 3.63) is 36.0 Å². The van der Waals surface area contributed by atoms with Crippen LogP contribution < -0.4 is 5.32 Å². The molecule has 2 heterocycles. The molecule has 0 saturated carbocycles. The van der Waals surface area contributed by atoms with Crippen LogP contribution in [0, 0.1) is 0 Å². The topological polar surface area (TPSA) is 85.4 Å². The number of likely N-dealkylation sites (N-methyl/N-ethyl adjacent to an activating group) is 1. The van der Waals surface area contributed by atoms with E-state index in [1.165, 1.54) is 16.7 Å². The Morgan fingerprint density at radius 2 is 1.92 bits per heavy atom. The standard InChI is InChI=1S/C17H21N3O3S2/c1-20-15(23)16(24-2,19-14(22)17(20,10-21)25-3)8-11-9-18-13-7-5-4-6-12(11)13/h4-7,9,18,21H,8,10H2,1-3H3,(H,19,22)/t16-,17+/m0/s1. The third-order valence-electron chi connectivity index (χ3n) is 4.88. The summed E-state index contributed by atoms with van der Waals surface area (Å²) in [6.07, 6.45) is 5.77. The summed E-state index contributed by atoms with van der Waals surface area (Å²) >= 11 is 2.47. The van der Waals surface area contributed by atoms with Crippen molar-refractivity contribution in [3.8, 4) is 0 Å². The van der Waals surface area contributed by atoms with Crippen LogP contribution in [-0.4, -0.2) is 62.7 Å². The summed E-state index contributed by atoms with van der Waals surface area (Å²) < 4.78 is 0. The number of hydrogen-bond acceptors (Lipinski definition) is 5. The fraction of sp³-hybridized carbons (Fsp3) is 0.412. The molecule has 0 spiro atoms. The number of H-pyrrole nitrogens is 1. The van der Waals surface area contributed by atoms with Gasteiger partial charge in [0.15, 0.2) is 9.74 Å². The van der Waals surface area contributed by atoms with Gasteiger partial charge in [0.1, 0.15) is 0 Å². The van der Waals surface area contributed by atoms with E-state index in [1.54, 1.807) is 13.3 Å². The van der Waals surface area contributed by atoms with Crippen LogP contribution in [0.4, 0.5) is 0 Å². The zero-order valence-corrected chi connectivity index (χ0v) is 16.0. The van der Waals surface area contributed by atoms with Gasteiger partial charge < -0.3 is 20.3 Å². The Bertz CT molecular complexity index is 818. The Morgan fingerprint density at radius 3 is 2.56 bits per heavy atom. The van der Waals surface area contributed by atoms with E-state index in [-0.39, 0.29) is 11.8 Å². The van der Waals surface area contributed by atoms with E-state index in [1.807, 2.05) is 36.7 Å². The van der Waals surface area contributed by atoms with Gasteiger partial charge in [0.2, 0.25) is 0 Å². The summed E-state index contributed by atoms with van der Waals surface area (Å²) in [6, 6.07) is 7.86. The van der Waals surface area contributed by atoms with Crippen LogP contribution in [-0.2, 0) is 16.0 Å². The SMILES string of the molecule is CS[C@]1(Cc2c[nH]c3ccccc23)NC(=O)[C@@](CO)(SC)N(C)C1=O. The molecule has 1 saturated heterocycles. The van der Waals surface area contributed by atoms with Gasteiger partial charge in [-0.05, 0) is 24.1 Å². The highest BCUT2D eigenvalue weighted by atomic mass is 32.2. The number of amides is 2. The fourth-order valence-electron chi connectivity index (χ4n) is 3.27. The van der Waals surface area contributed by atoms with E-state index in [2.05, 4.69) is 10.3 Å². The van der Waals surface area contributed by atoms with E-state index >= 15 is 0 Å². The maximum atomic E-state index is 13.2. The lowest BCUT2D eigenvalue weighted by Gasteiger charge is -2.49. The molecule has 0 bridgehead atoms. The van der Waals surface area contributed by atoms with E-state index < -0.39 is 16.3 Å². The molecule has 3 N–H and O–H groups in total.